The van der Waals surface area contributed by atoms with E-state index in [0.717, 1.165) is 44.8 Å². The number of piperidine rings is 1. The van der Waals surface area contributed by atoms with Crippen LogP contribution in [-0.2, 0) is 9.53 Å². The number of nitrogens with one attached hydrogen (secondary N) is 1. The lowest BCUT2D eigenvalue weighted by Gasteiger charge is -2.33. The van der Waals surface area contributed by atoms with Gasteiger partial charge in [0.1, 0.15) is 11.9 Å². The highest BCUT2D eigenvalue weighted by Gasteiger charge is 2.45. The maximum atomic E-state index is 12.6. The number of carbonyl (C=O) groups excluding carboxylic acids is 2. The van der Waals surface area contributed by atoms with Crippen LogP contribution in [0.3, 0.4) is 0 Å². The molecule has 1 atom stereocenters. The van der Waals surface area contributed by atoms with Crippen LogP contribution in [0.2, 0.25) is 0 Å². The molecule has 1 aromatic rings. The number of carbonyl (C=O) groups is 2. The quantitative estimate of drug-likeness (QED) is 0.866. The van der Waals surface area contributed by atoms with Gasteiger partial charge in [0.2, 0.25) is 5.91 Å². The summed E-state index contributed by atoms with van der Waals surface area (Å²) in [5.41, 5.74) is 1.01. The third-order valence-electron chi connectivity index (χ3n) is 6.16. The molecule has 7 nitrogen and oxygen atoms in total. The molecule has 0 unspecified atom stereocenters. The topological polar surface area (TPSA) is 74.8 Å². The Morgan fingerprint density at radius 3 is 2.41 bits per heavy atom. The summed E-state index contributed by atoms with van der Waals surface area (Å²) in [5, 5.41) is 2.82. The second kappa shape index (κ2) is 7.46. The van der Waals surface area contributed by atoms with Gasteiger partial charge >= 0.3 is 0 Å². The van der Waals surface area contributed by atoms with Crippen LogP contribution in [0, 0.1) is 5.41 Å². The molecule has 2 aliphatic heterocycles. The molecule has 3 heterocycles. The van der Waals surface area contributed by atoms with Gasteiger partial charge in [-0.2, -0.15) is 0 Å². The van der Waals surface area contributed by atoms with Crippen molar-refractivity contribution in [2.45, 2.75) is 38.6 Å². The zero-order valence-corrected chi connectivity index (χ0v) is 15.9. The van der Waals surface area contributed by atoms with Crippen molar-refractivity contribution in [3.63, 3.8) is 0 Å². The molecular weight excluding hydrogens is 344 g/mol. The van der Waals surface area contributed by atoms with Crippen molar-refractivity contribution in [3.05, 3.63) is 23.9 Å². The molecule has 2 amide bonds. The van der Waals surface area contributed by atoms with Crippen LogP contribution in [-0.4, -0.2) is 67.1 Å². The Bertz CT molecular complexity index is 686. The van der Waals surface area contributed by atoms with Gasteiger partial charge in [-0.3, -0.25) is 9.59 Å². The lowest BCUT2D eigenvalue weighted by Crippen LogP contribution is -2.49. The fourth-order valence-electron chi connectivity index (χ4n) is 3.99. The summed E-state index contributed by atoms with van der Waals surface area (Å²) in [6.45, 7) is 6.39. The van der Waals surface area contributed by atoms with Crippen molar-refractivity contribution >= 4 is 17.6 Å². The molecule has 3 fully saturated rings. The molecule has 1 saturated carbocycles. The maximum Gasteiger partial charge on any atom is 0.253 e. The summed E-state index contributed by atoms with van der Waals surface area (Å²) < 4.78 is 5.34. The molecule has 146 valence electrons. The van der Waals surface area contributed by atoms with Crippen molar-refractivity contribution in [1.29, 1.82) is 0 Å². The van der Waals surface area contributed by atoms with Gasteiger partial charge in [0.15, 0.2) is 0 Å². The Labute approximate surface area is 160 Å². The van der Waals surface area contributed by atoms with E-state index in [1.165, 1.54) is 12.8 Å². The molecule has 0 bridgehead atoms. The van der Waals surface area contributed by atoms with Gasteiger partial charge in [-0.05, 0) is 50.2 Å². The number of pyridine rings is 1. The minimum Gasteiger partial charge on any atom is -0.378 e. The van der Waals surface area contributed by atoms with E-state index in [9.17, 15) is 9.59 Å². The third-order valence-corrected chi connectivity index (χ3v) is 6.16. The number of morpholine rings is 1. The van der Waals surface area contributed by atoms with E-state index < -0.39 is 6.04 Å². The van der Waals surface area contributed by atoms with E-state index in [0.29, 0.717) is 24.2 Å². The smallest absolute Gasteiger partial charge is 0.253 e. The van der Waals surface area contributed by atoms with E-state index in [2.05, 4.69) is 15.2 Å². The van der Waals surface area contributed by atoms with E-state index in [-0.39, 0.29) is 11.8 Å². The van der Waals surface area contributed by atoms with Crippen molar-refractivity contribution in [2.24, 2.45) is 5.41 Å². The summed E-state index contributed by atoms with van der Waals surface area (Å²) in [4.78, 5) is 33.6. The van der Waals surface area contributed by atoms with E-state index >= 15 is 0 Å². The number of likely N-dealkylation sites (tertiary alicyclic amines) is 1. The fraction of sp³-hybridized carbons (Fsp3) is 0.650. The predicted octanol–water partition coefficient (Wildman–Crippen LogP) is 1.44. The summed E-state index contributed by atoms with van der Waals surface area (Å²) >= 11 is 0. The Morgan fingerprint density at radius 2 is 1.81 bits per heavy atom. The number of aromatic nitrogens is 1. The molecule has 1 spiro atoms. The lowest BCUT2D eigenvalue weighted by molar-refractivity contribution is -0.134. The molecule has 3 aliphatic rings. The highest BCUT2D eigenvalue weighted by molar-refractivity contribution is 5.97. The Kier molecular flexibility index (Phi) is 5.04. The third kappa shape index (κ3) is 4.08. The molecule has 1 aromatic heterocycles. The number of rotatable bonds is 4. The molecule has 0 aromatic carbocycles. The van der Waals surface area contributed by atoms with Crippen LogP contribution in [0.15, 0.2) is 18.3 Å². The first-order valence-electron chi connectivity index (χ1n) is 9.95. The Balaban J connectivity index is 1.30. The Hall–Kier alpha value is -2.15. The molecule has 2 saturated heterocycles. The van der Waals surface area contributed by atoms with E-state index in [1.807, 2.05) is 11.0 Å². The first-order valence-corrected chi connectivity index (χ1v) is 9.95. The van der Waals surface area contributed by atoms with Gasteiger partial charge < -0.3 is 19.9 Å². The monoisotopic (exact) mass is 372 g/mol. The van der Waals surface area contributed by atoms with Gasteiger partial charge in [0, 0.05) is 32.4 Å². The van der Waals surface area contributed by atoms with Crippen LogP contribution in [0.25, 0.3) is 0 Å². The van der Waals surface area contributed by atoms with Crippen LogP contribution < -0.4 is 10.2 Å². The molecule has 4 rings (SSSR count). The molecule has 27 heavy (non-hydrogen) atoms. The second-order valence-corrected chi connectivity index (χ2v) is 8.02. The van der Waals surface area contributed by atoms with Crippen LogP contribution in [0.5, 0.6) is 0 Å². The number of nitrogens with zero attached hydrogens (tertiary/aromatic N) is 3. The zero-order valence-electron chi connectivity index (χ0n) is 15.9. The van der Waals surface area contributed by atoms with Gasteiger partial charge in [-0.1, -0.05) is 0 Å². The number of ether oxygens (including phenoxy) is 1. The van der Waals surface area contributed by atoms with Gasteiger partial charge in [-0.15, -0.1) is 0 Å². The largest absolute Gasteiger partial charge is 0.378 e. The normalized spacial score (nSPS) is 22.4. The van der Waals surface area contributed by atoms with Crippen LogP contribution in [0.4, 0.5) is 5.82 Å². The highest BCUT2D eigenvalue weighted by atomic mass is 16.5. The minimum atomic E-state index is -0.523. The van der Waals surface area contributed by atoms with Crippen molar-refractivity contribution in [3.8, 4) is 0 Å². The maximum absolute atomic E-state index is 12.6. The van der Waals surface area contributed by atoms with E-state index in [1.54, 1.807) is 19.2 Å². The van der Waals surface area contributed by atoms with Crippen molar-refractivity contribution < 1.29 is 14.3 Å². The SMILES string of the molecule is C[C@H](NC(=O)c1ccc(N2CCOCC2)nc1)C(=O)N1CCC2(CC1)CC2. The number of hydrogen-bond acceptors (Lipinski definition) is 5. The summed E-state index contributed by atoms with van der Waals surface area (Å²) in [6.07, 6.45) is 6.41. The number of anilines is 1. The molecule has 1 aliphatic carbocycles. The fourth-order valence-corrected chi connectivity index (χ4v) is 3.99. The average Bonchev–Trinajstić information content (AvgIpc) is 3.47. The first-order chi connectivity index (χ1) is 13.1. The second-order valence-electron chi connectivity index (χ2n) is 8.02. The molecule has 1 N–H and O–H groups in total. The van der Waals surface area contributed by atoms with Gasteiger partial charge in [0.25, 0.3) is 5.91 Å². The number of amides is 2. The molecule has 0 radical (unpaired) electrons. The lowest BCUT2D eigenvalue weighted by atomic mass is 9.93. The highest BCUT2D eigenvalue weighted by Crippen LogP contribution is 2.53. The Morgan fingerprint density at radius 1 is 1.11 bits per heavy atom. The standard InChI is InChI=1S/C20H28N4O3/c1-15(19(26)24-8-6-20(4-5-20)7-9-24)22-18(25)16-2-3-17(21-14-16)23-10-12-27-13-11-23/h2-3,14-15H,4-13H2,1H3,(H,22,25)/t15-/m0/s1. The summed E-state index contributed by atoms with van der Waals surface area (Å²) in [6, 6.07) is 3.10. The molecule has 7 heteroatoms. The predicted molar refractivity (Wildman–Crippen MR) is 102 cm³/mol. The van der Waals surface area contributed by atoms with Crippen molar-refractivity contribution in [1.82, 2.24) is 15.2 Å². The van der Waals surface area contributed by atoms with Crippen molar-refractivity contribution in [2.75, 3.05) is 44.3 Å². The van der Waals surface area contributed by atoms with Gasteiger partial charge in [-0.25, -0.2) is 4.98 Å². The van der Waals surface area contributed by atoms with Crippen LogP contribution in [0.1, 0.15) is 43.0 Å². The number of hydrogen-bond donors (Lipinski definition) is 1. The first kappa shape index (κ1) is 18.2. The van der Waals surface area contributed by atoms with Crippen LogP contribution >= 0.6 is 0 Å². The minimum absolute atomic E-state index is 0.0109. The van der Waals surface area contributed by atoms with E-state index in [4.69, 9.17) is 4.74 Å². The van der Waals surface area contributed by atoms with Gasteiger partial charge in [0.05, 0.1) is 18.8 Å². The summed E-state index contributed by atoms with van der Waals surface area (Å²) in [7, 11) is 0. The zero-order chi connectivity index (χ0) is 18.9. The summed E-state index contributed by atoms with van der Waals surface area (Å²) in [5.74, 6) is 0.602. The molecular formula is C20H28N4O3. The average molecular weight is 372 g/mol.